The van der Waals surface area contributed by atoms with Crippen LogP contribution in [0.4, 0.5) is 0 Å². The molecule has 2 nitrogen and oxygen atoms in total. The van der Waals surface area contributed by atoms with Gasteiger partial charge in [0.2, 0.25) is 0 Å². The molecule has 7 aromatic rings. The minimum absolute atomic E-state index is 1.18. The number of nitrogens with zero attached hydrogens (tertiary/aromatic N) is 2. The summed E-state index contributed by atoms with van der Waals surface area (Å²) in [7, 11) is 0. The van der Waals surface area contributed by atoms with Crippen molar-refractivity contribution in [2.45, 2.75) is 27.7 Å². The Labute approximate surface area is 211 Å². The molecule has 2 heteroatoms. The Morgan fingerprint density at radius 2 is 0.667 bits per heavy atom. The van der Waals surface area contributed by atoms with E-state index in [0.717, 1.165) is 0 Å². The van der Waals surface area contributed by atoms with Crippen molar-refractivity contribution in [2.75, 3.05) is 0 Å². The number of rotatable bonds is 2. The molecule has 0 aliphatic heterocycles. The number of fused-ring (bicyclic) bond motifs is 6. The van der Waals surface area contributed by atoms with Crippen LogP contribution in [0.25, 0.3) is 55.0 Å². The topological polar surface area (TPSA) is 9.86 Å². The maximum absolute atomic E-state index is 2.41. The Balaban J connectivity index is 1.54. The fourth-order valence-electron chi connectivity index (χ4n) is 5.83. The lowest BCUT2D eigenvalue weighted by molar-refractivity contribution is 1.13. The molecule has 0 saturated carbocycles. The van der Waals surface area contributed by atoms with Crippen molar-refractivity contribution in [1.82, 2.24) is 9.13 Å². The second-order valence-electron chi connectivity index (χ2n) is 10.3. The van der Waals surface area contributed by atoms with Crippen molar-refractivity contribution in [3.05, 3.63) is 119 Å². The second-order valence-corrected chi connectivity index (χ2v) is 10.3. The van der Waals surface area contributed by atoms with Crippen LogP contribution in [-0.4, -0.2) is 9.13 Å². The number of aromatic nitrogens is 2. The largest absolute Gasteiger partial charge is 0.309 e. The third kappa shape index (κ3) is 3.04. The van der Waals surface area contributed by atoms with E-state index in [1.54, 1.807) is 0 Å². The molecule has 0 spiro atoms. The summed E-state index contributed by atoms with van der Waals surface area (Å²) in [5.74, 6) is 0. The molecule has 5 aromatic carbocycles. The molecule has 0 aliphatic carbocycles. The maximum Gasteiger partial charge on any atom is 0.0541 e. The molecule has 0 unspecified atom stereocenters. The summed E-state index contributed by atoms with van der Waals surface area (Å²) in [6, 6.07) is 36.1. The Kier molecular flexibility index (Phi) is 4.44. The molecule has 174 valence electrons. The zero-order chi connectivity index (χ0) is 24.6. The van der Waals surface area contributed by atoms with Gasteiger partial charge in [0.25, 0.3) is 0 Å². The van der Waals surface area contributed by atoms with Crippen LogP contribution in [0.3, 0.4) is 0 Å². The molecule has 2 heterocycles. The summed E-state index contributed by atoms with van der Waals surface area (Å²) >= 11 is 0. The molecular weight excluding hydrogens is 436 g/mol. The highest BCUT2D eigenvalue weighted by atomic mass is 15.0. The maximum atomic E-state index is 2.41. The van der Waals surface area contributed by atoms with Gasteiger partial charge in [-0.05, 0) is 94.4 Å². The first-order valence-electron chi connectivity index (χ1n) is 12.6. The third-order valence-corrected chi connectivity index (χ3v) is 7.50. The second kappa shape index (κ2) is 7.60. The first kappa shape index (κ1) is 21.0. The zero-order valence-electron chi connectivity index (χ0n) is 21.1. The molecule has 0 saturated heterocycles. The normalized spacial score (nSPS) is 11.9. The summed E-state index contributed by atoms with van der Waals surface area (Å²) in [4.78, 5) is 0. The highest BCUT2D eigenvalue weighted by molar-refractivity contribution is 6.11. The van der Waals surface area contributed by atoms with Gasteiger partial charge in [-0.2, -0.15) is 0 Å². The highest BCUT2D eigenvalue weighted by Gasteiger charge is 2.16. The van der Waals surface area contributed by atoms with Crippen molar-refractivity contribution in [1.29, 1.82) is 0 Å². The molecule has 0 radical (unpaired) electrons. The Morgan fingerprint density at radius 1 is 0.361 bits per heavy atom. The number of hydrogen-bond donors (Lipinski definition) is 0. The monoisotopic (exact) mass is 464 g/mol. The minimum Gasteiger partial charge on any atom is -0.309 e. The van der Waals surface area contributed by atoms with Crippen LogP contribution in [0.5, 0.6) is 0 Å². The van der Waals surface area contributed by atoms with Crippen molar-refractivity contribution in [3.63, 3.8) is 0 Å². The summed E-state index contributed by atoms with van der Waals surface area (Å²) in [5, 5.41) is 5.23. The van der Waals surface area contributed by atoms with Crippen LogP contribution in [-0.2, 0) is 0 Å². The van der Waals surface area contributed by atoms with Crippen LogP contribution >= 0.6 is 0 Å². The molecule has 2 aromatic heterocycles. The summed E-state index contributed by atoms with van der Waals surface area (Å²) < 4.78 is 4.82. The lowest BCUT2D eigenvalue weighted by Crippen LogP contribution is -1.98. The van der Waals surface area contributed by atoms with Gasteiger partial charge in [-0.25, -0.2) is 0 Å². The molecule has 36 heavy (non-hydrogen) atoms. The van der Waals surface area contributed by atoms with Gasteiger partial charge in [-0.3, -0.25) is 0 Å². The number of benzene rings is 5. The van der Waals surface area contributed by atoms with Crippen molar-refractivity contribution in [3.8, 4) is 11.4 Å². The van der Waals surface area contributed by atoms with Gasteiger partial charge in [0.15, 0.2) is 0 Å². The lowest BCUT2D eigenvalue weighted by atomic mass is 10.1. The van der Waals surface area contributed by atoms with Gasteiger partial charge in [0.1, 0.15) is 0 Å². The predicted octanol–water partition coefficient (Wildman–Crippen LogP) is 9.11. The summed E-state index contributed by atoms with van der Waals surface area (Å²) in [6.07, 6.45) is 0. The van der Waals surface area contributed by atoms with E-state index >= 15 is 0 Å². The molecular formula is C34H28N2. The van der Waals surface area contributed by atoms with Gasteiger partial charge in [-0.15, -0.1) is 0 Å². The van der Waals surface area contributed by atoms with Crippen LogP contribution in [0.2, 0.25) is 0 Å². The van der Waals surface area contributed by atoms with Crippen LogP contribution in [0.15, 0.2) is 97.1 Å². The first-order valence-corrected chi connectivity index (χ1v) is 12.6. The molecule has 0 N–H and O–H groups in total. The summed E-state index contributed by atoms with van der Waals surface area (Å²) in [5.41, 5.74) is 12.5. The quantitative estimate of drug-likeness (QED) is 0.241. The first-order chi connectivity index (χ1) is 17.5. The fourth-order valence-corrected chi connectivity index (χ4v) is 5.83. The molecule has 0 atom stereocenters. The highest BCUT2D eigenvalue weighted by Crippen LogP contribution is 2.36. The third-order valence-electron chi connectivity index (χ3n) is 7.50. The van der Waals surface area contributed by atoms with E-state index in [4.69, 9.17) is 0 Å². The average Bonchev–Trinajstić information content (AvgIpc) is 3.35. The molecule has 0 fully saturated rings. The van der Waals surface area contributed by atoms with E-state index in [0.29, 0.717) is 0 Å². The van der Waals surface area contributed by atoms with Crippen molar-refractivity contribution >= 4 is 43.6 Å². The zero-order valence-corrected chi connectivity index (χ0v) is 21.1. The number of aryl methyl sites for hydroxylation is 4. The van der Waals surface area contributed by atoms with E-state index in [-0.39, 0.29) is 0 Å². The van der Waals surface area contributed by atoms with Crippen LogP contribution < -0.4 is 0 Å². The van der Waals surface area contributed by atoms with Crippen molar-refractivity contribution in [2.24, 2.45) is 0 Å². The molecule has 7 rings (SSSR count). The van der Waals surface area contributed by atoms with E-state index in [9.17, 15) is 0 Å². The van der Waals surface area contributed by atoms with Crippen LogP contribution in [0.1, 0.15) is 22.3 Å². The Morgan fingerprint density at radius 3 is 0.972 bits per heavy atom. The van der Waals surface area contributed by atoms with E-state index in [1.807, 2.05) is 0 Å². The SMILES string of the molecule is Cc1ccc2c(c1)c1cc(C)ccc1n2-c1cccc(-n2c3ccc(C)cc3c3cc(C)ccc32)c1. The minimum atomic E-state index is 1.18. The molecule has 0 aliphatic rings. The smallest absolute Gasteiger partial charge is 0.0541 e. The van der Waals surface area contributed by atoms with E-state index in [1.165, 1.54) is 77.2 Å². The standard InChI is InChI=1S/C34H28N2/c1-21-8-12-31-27(16-21)28-17-22(2)9-13-32(28)35(31)25-6-5-7-26(20-25)36-33-14-10-23(3)18-29(33)30-19-24(4)11-15-34(30)36/h5-20H,1-4H3. The van der Waals surface area contributed by atoms with Gasteiger partial charge in [0.05, 0.1) is 22.1 Å². The van der Waals surface area contributed by atoms with E-state index in [2.05, 4.69) is 134 Å². The number of hydrogen-bond acceptors (Lipinski definition) is 0. The van der Waals surface area contributed by atoms with Crippen molar-refractivity contribution < 1.29 is 0 Å². The van der Waals surface area contributed by atoms with Gasteiger partial charge in [0, 0.05) is 32.9 Å². The van der Waals surface area contributed by atoms with Gasteiger partial charge in [-0.1, -0.05) is 52.6 Å². The van der Waals surface area contributed by atoms with Crippen LogP contribution in [0, 0.1) is 27.7 Å². The summed E-state index contributed by atoms with van der Waals surface area (Å²) in [6.45, 7) is 8.69. The fraction of sp³-hybridized carbons (Fsp3) is 0.118. The molecule has 0 bridgehead atoms. The van der Waals surface area contributed by atoms with Gasteiger partial charge < -0.3 is 9.13 Å². The molecule has 0 amide bonds. The van der Waals surface area contributed by atoms with Gasteiger partial charge >= 0.3 is 0 Å². The Hall–Kier alpha value is -4.30. The average molecular weight is 465 g/mol. The predicted molar refractivity (Wildman–Crippen MR) is 154 cm³/mol. The lowest BCUT2D eigenvalue weighted by Gasteiger charge is -2.13. The van der Waals surface area contributed by atoms with E-state index < -0.39 is 0 Å². The Bertz CT molecular complexity index is 1720.